The first-order valence-electron chi connectivity index (χ1n) is 7.54. The standard InChI is InChI=1S/C15H22BNO4/c1-17(2)9-4-10-20-16(17)15-12(7-8-14(18)19)5-3-6-13(15)11-21-16/h3,5-6H,4,7-11H2,1-2H3,(H,18,19). The van der Waals surface area contributed by atoms with Gasteiger partial charge in [0, 0.05) is 46.7 Å². The van der Waals surface area contributed by atoms with Gasteiger partial charge in [-0.1, -0.05) is 29.2 Å². The Kier molecular flexibility index (Phi) is 3.55. The number of hydrogen-bond donors (Lipinski definition) is 1. The largest absolute Gasteiger partial charge is 0.509 e. The third-order valence-electron chi connectivity index (χ3n) is 4.87. The van der Waals surface area contributed by atoms with Crippen LogP contribution in [-0.4, -0.2) is 49.4 Å². The number of benzene rings is 1. The van der Waals surface area contributed by atoms with Gasteiger partial charge in [0.15, 0.2) is 0 Å². The Morgan fingerprint density at radius 3 is 2.90 bits per heavy atom. The minimum Gasteiger partial charge on any atom is -0.509 e. The Balaban J connectivity index is 2.05. The molecule has 0 radical (unpaired) electrons. The van der Waals surface area contributed by atoms with Crippen molar-refractivity contribution in [1.29, 1.82) is 0 Å². The molecule has 1 aromatic rings. The second-order valence-corrected chi connectivity index (χ2v) is 6.59. The van der Waals surface area contributed by atoms with E-state index in [0.29, 0.717) is 24.0 Å². The molecule has 0 aromatic heterocycles. The van der Waals surface area contributed by atoms with Gasteiger partial charge in [0.05, 0.1) is 0 Å². The number of hydrogen-bond acceptors (Lipinski definition) is 3. The third kappa shape index (κ3) is 2.27. The summed E-state index contributed by atoms with van der Waals surface area (Å²) in [4.78, 5) is 10.9. The average molecular weight is 291 g/mol. The molecule has 114 valence electrons. The molecule has 6 heteroatoms. The van der Waals surface area contributed by atoms with Gasteiger partial charge in [-0.25, -0.2) is 0 Å². The molecule has 0 bridgehead atoms. The summed E-state index contributed by atoms with van der Waals surface area (Å²) in [5.74, 6) is -0.772. The predicted molar refractivity (Wildman–Crippen MR) is 80.1 cm³/mol. The molecule has 1 saturated heterocycles. The lowest BCUT2D eigenvalue weighted by molar-refractivity contribution is -0.812. The van der Waals surface area contributed by atoms with Crippen LogP contribution in [0.2, 0.25) is 0 Å². The molecule has 2 aliphatic rings. The molecular formula is C15H22BNO4. The highest BCUT2D eigenvalue weighted by atomic mass is 16.6. The van der Waals surface area contributed by atoms with Crippen LogP contribution in [0, 0.1) is 0 Å². The van der Waals surface area contributed by atoms with E-state index in [1.807, 2.05) is 12.1 Å². The number of quaternary nitrogens is 1. The van der Waals surface area contributed by atoms with Crippen molar-refractivity contribution < 1.29 is 23.6 Å². The number of rotatable bonds is 3. The maximum absolute atomic E-state index is 10.9. The molecular weight excluding hydrogens is 269 g/mol. The van der Waals surface area contributed by atoms with Crippen molar-refractivity contribution in [3.63, 3.8) is 0 Å². The Morgan fingerprint density at radius 2 is 2.19 bits per heavy atom. The van der Waals surface area contributed by atoms with E-state index < -0.39 is 12.7 Å². The second-order valence-electron chi connectivity index (χ2n) is 6.59. The summed E-state index contributed by atoms with van der Waals surface area (Å²) in [5, 5.41) is 8.97. The van der Waals surface area contributed by atoms with Crippen LogP contribution < -0.4 is 5.46 Å². The average Bonchev–Trinajstić information content (AvgIpc) is 2.81. The van der Waals surface area contributed by atoms with Gasteiger partial charge >= 0.3 is 12.7 Å². The lowest BCUT2D eigenvalue weighted by Gasteiger charge is -2.55. The number of fused-ring (bicyclic) bond motifs is 2. The van der Waals surface area contributed by atoms with Crippen molar-refractivity contribution in [2.24, 2.45) is 0 Å². The van der Waals surface area contributed by atoms with Gasteiger partial charge in [-0.2, -0.15) is 0 Å². The third-order valence-corrected chi connectivity index (χ3v) is 4.87. The molecule has 21 heavy (non-hydrogen) atoms. The zero-order valence-corrected chi connectivity index (χ0v) is 12.7. The van der Waals surface area contributed by atoms with Crippen LogP contribution in [0.4, 0.5) is 0 Å². The lowest BCUT2D eigenvalue weighted by atomic mass is 9.57. The molecule has 1 N–H and O–H groups in total. The summed E-state index contributed by atoms with van der Waals surface area (Å²) < 4.78 is 13.0. The molecule has 5 nitrogen and oxygen atoms in total. The van der Waals surface area contributed by atoms with E-state index in [0.717, 1.165) is 29.6 Å². The first-order chi connectivity index (χ1) is 9.96. The summed E-state index contributed by atoms with van der Waals surface area (Å²) in [5.41, 5.74) is 3.31. The van der Waals surface area contributed by atoms with Crippen LogP contribution in [0.3, 0.4) is 0 Å². The lowest BCUT2D eigenvalue weighted by Crippen LogP contribution is -2.75. The minimum atomic E-state index is -1.57. The van der Waals surface area contributed by atoms with Crippen molar-refractivity contribution >= 4 is 18.1 Å². The monoisotopic (exact) mass is 291 g/mol. The highest BCUT2D eigenvalue weighted by molar-refractivity contribution is 6.76. The van der Waals surface area contributed by atoms with Gasteiger partial charge in [-0.15, -0.1) is 0 Å². The number of carbonyl (C=O) groups is 1. The van der Waals surface area contributed by atoms with E-state index in [1.165, 1.54) is 0 Å². The van der Waals surface area contributed by atoms with Crippen molar-refractivity contribution in [2.45, 2.75) is 25.9 Å². The number of carboxylic acids is 1. The van der Waals surface area contributed by atoms with Crippen molar-refractivity contribution in [3.05, 3.63) is 29.3 Å². The summed E-state index contributed by atoms with van der Waals surface area (Å²) in [6.07, 6.45) is 1.68. The SMILES string of the molecule is C[N+]1(C)CCCO[B-]12OCc1cccc(CCC(=O)O)c12. The van der Waals surface area contributed by atoms with Crippen molar-refractivity contribution in [3.8, 4) is 0 Å². The fourth-order valence-corrected chi connectivity index (χ4v) is 3.78. The highest BCUT2D eigenvalue weighted by Crippen LogP contribution is 2.32. The van der Waals surface area contributed by atoms with Crippen LogP contribution in [-0.2, 0) is 27.1 Å². The van der Waals surface area contributed by atoms with Gasteiger partial charge < -0.3 is 18.8 Å². The maximum atomic E-state index is 10.9. The molecule has 3 rings (SSSR count). The Morgan fingerprint density at radius 1 is 1.38 bits per heavy atom. The Labute approximate surface area is 125 Å². The van der Waals surface area contributed by atoms with Crippen LogP contribution in [0.25, 0.3) is 0 Å². The zero-order valence-electron chi connectivity index (χ0n) is 12.7. The van der Waals surface area contributed by atoms with E-state index in [1.54, 1.807) is 0 Å². The molecule has 1 fully saturated rings. The number of carboxylic acid groups (broad SMARTS) is 1. The topological polar surface area (TPSA) is 55.8 Å². The predicted octanol–water partition coefficient (Wildman–Crippen LogP) is 0.877. The smallest absolute Gasteiger partial charge is 0.502 e. The van der Waals surface area contributed by atoms with E-state index in [4.69, 9.17) is 14.4 Å². The van der Waals surface area contributed by atoms with Gasteiger partial charge in [0.1, 0.15) is 0 Å². The van der Waals surface area contributed by atoms with E-state index in [2.05, 4.69) is 20.2 Å². The Hall–Kier alpha value is -1.37. The van der Waals surface area contributed by atoms with Gasteiger partial charge in [0.25, 0.3) is 0 Å². The summed E-state index contributed by atoms with van der Waals surface area (Å²) in [6, 6.07) is 6.06. The summed E-state index contributed by atoms with van der Waals surface area (Å²) in [7, 11) is 4.28. The summed E-state index contributed by atoms with van der Waals surface area (Å²) >= 11 is 0. The first-order valence-corrected chi connectivity index (χ1v) is 7.54. The zero-order chi connectivity index (χ0) is 15.1. The molecule has 2 heterocycles. The molecule has 1 unspecified atom stereocenters. The highest BCUT2D eigenvalue weighted by Gasteiger charge is 2.54. The van der Waals surface area contributed by atoms with Crippen molar-refractivity contribution in [1.82, 2.24) is 0 Å². The number of aryl methyl sites for hydroxylation is 1. The fraction of sp³-hybridized carbons (Fsp3) is 0.533. The summed E-state index contributed by atoms with van der Waals surface area (Å²) in [6.45, 7) is 0.694. The van der Waals surface area contributed by atoms with Gasteiger partial charge in [0.2, 0.25) is 0 Å². The first kappa shape index (κ1) is 14.6. The van der Waals surface area contributed by atoms with Crippen LogP contribution in [0.5, 0.6) is 0 Å². The van der Waals surface area contributed by atoms with Crippen LogP contribution >= 0.6 is 0 Å². The number of aliphatic carboxylic acids is 1. The molecule has 2 aliphatic heterocycles. The van der Waals surface area contributed by atoms with E-state index in [9.17, 15) is 4.79 Å². The molecule has 0 saturated carbocycles. The Bertz CT molecular complexity index is 571. The molecule has 0 amide bonds. The van der Waals surface area contributed by atoms with Crippen LogP contribution in [0.15, 0.2) is 18.2 Å². The normalized spacial score (nSPS) is 26.8. The van der Waals surface area contributed by atoms with Crippen LogP contribution in [0.1, 0.15) is 24.0 Å². The molecule has 0 aliphatic carbocycles. The van der Waals surface area contributed by atoms with Gasteiger partial charge in [-0.05, 0) is 12.0 Å². The molecule has 1 aromatic carbocycles. The van der Waals surface area contributed by atoms with Gasteiger partial charge in [-0.3, -0.25) is 4.79 Å². The van der Waals surface area contributed by atoms with E-state index in [-0.39, 0.29) is 6.42 Å². The fourth-order valence-electron chi connectivity index (χ4n) is 3.78. The van der Waals surface area contributed by atoms with E-state index >= 15 is 0 Å². The minimum absolute atomic E-state index is 0.135. The quantitative estimate of drug-likeness (QED) is 0.840. The maximum Gasteiger partial charge on any atom is 0.502 e. The molecule has 1 spiro atoms. The molecule has 1 atom stereocenters. The van der Waals surface area contributed by atoms with Crippen molar-refractivity contribution in [2.75, 3.05) is 27.2 Å². The second kappa shape index (κ2) is 5.12. The number of nitrogens with zero attached hydrogens (tertiary/aromatic N) is 1.